The summed E-state index contributed by atoms with van der Waals surface area (Å²) in [5.41, 5.74) is 1.51. The fourth-order valence-corrected chi connectivity index (χ4v) is 4.48. The standard InChI is InChI=1S/C21H33N7O/c1-16(2)27-13-11-25(4)15-18(27)20-23-22-19-7-6-17(14-28(19)20)21(29)26-9-5-8-24(3)10-12-26/h6-7,14,16,18H,5,8-13,15H2,1-4H3. The van der Waals surface area contributed by atoms with E-state index in [9.17, 15) is 4.79 Å². The molecule has 4 heterocycles. The van der Waals surface area contributed by atoms with E-state index in [1.54, 1.807) is 0 Å². The van der Waals surface area contributed by atoms with Gasteiger partial charge in [-0.1, -0.05) is 0 Å². The number of carbonyl (C=O) groups is 1. The number of carbonyl (C=O) groups excluding carboxylic acids is 1. The minimum absolute atomic E-state index is 0.100. The Labute approximate surface area is 173 Å². The highest BCUT2D eigenvalue weighted by atomic mass is 16.2. The summed E-state index contributed by atoms with van der Waals surface area (Å²) in [6, 6.07) is 4.40. The van der Waals surface area contributed by atoms with E-state index >= 15 is 0 Å². The summed E-state index contributed by atoms with van der Waals surface area (Å²) in [4.78, 5) is 22.3. The fourth-order valence-electron chi connectivity index (χ4n) is 4.48. The van der Waals surface area contributed by atoms with Crippen molar-refractivity contribution in [2.24, 2.45) is 0 Å². The van der Waals surface area contributed by atoms with E-state index in [2.05, 4.69) is 52.8 Å². The van der Waals surface area contributed by atoms with E-state index in [0.717, 1.165) is 63.7 Å². The first-order valence-electron chi connectivity index (χ1n) is 10.7. The lowest BCUT2D eigenvalue weighted by molar-refractivity contribution is 0.0586. The Bertz CT molecular complexity index is 864. The summed E-state index contributed by atoms with van der Waals surface area (Å²) in [5.74, 6) is 1.02. The summed E-state index contributed by atoms with van der Waals surface area (Å²) in [6.07, 6.45) is 2.95. The molecule has 0 N–H and O–H groups in total. The minimum atomic E-state index is 0.100. The van der Waals surface area contributed by atoms with Gasteiger partial charge in [0.2, 0.25) is 0 Å². The SMILES string of the molecule is CC(C)N1CCN(C)CC1c1nnc2ccc(C(=O)N3CCCN(C)CC3)cn12. The molecule has 0 radical (unpaired) electrons. The third kappa shape index (κ3) is 4.15. The Balaban J connectivity index is 1.64. The number of hydrogen-bond acceptors (Lipinski definition) is 6. The third-order valence-corrected chi connectivity index (χ3v) is 6.27. The number of pyridine rings is 1. The fraction of sp³-hybridized carbons (Fsp3) is 0.667. The molecule has 2 aromatic heterocycles. The average Bonchev–Trinajstić information content (AvgIpc) is 3.00. The number of fused-ring (bicyclic) bond motifs is 1. The Hall–Kier alpha value is -2.03. The van der Waals surface area contributed by atoms with Crippen LogP contribution in [0.3, 0.4) is 0 Å². The van der Waals surface area contributed by atoms with E-state index in [-0.39, 0.29) is 11.9 Å². The minimum Gasteiger partial charge on any atom is -0.337 e. The van der Waals surface area contributed by atoms with Gasteiger partial charge in [0, 0.05) is 51.5 Å². The molecule has 0 aliphatic carbocycles. The highest BCUT2D eigenvalue weighted by molar-refractivity contribution is 5.94. The number of aromatic nitrogens is 3. The zero-order valence-corrected chi connectivity index (χ0v) is 18.1. The maximum Gasteiger partial charge on any atom is 0.255 e. The Morgan fingerprint density at radius 3 is 2.59 bits per heavy atom. The van der Waals surface area contributed by atoms with Crippen LogP contribution in [0.2, 0.25) is 0 Å². The molecule has 29 heavy (non-hydrogen) atoms. The lowest BCUT2D eigenvalue weighted by atomic mass is 10.1. The Morgan fingerprint density at radius 1 is 1.00 bits per heavy atom. The molecule has 8 heteroatoms. The van der Waals surface area contributed by atoms with Crippen LogP contribution >= 0.6 is 0 Å². The van der Waals surface area contributed by atoms with E-state index < -0.39 is 0 Å². The van der Waals surface area contributed by atoms with Gasteiger partial charge in [0.1, 0.15) is 0 Å². The van der Waals surface area contributed by atoms with Gasteiger partial charge in [0.25, 0.3) is 5.91 Å². The molecule has 1 unspecified atom stereocenters. The van der Waals surface area contributed by atoms with Gasteiger partial charge in [-0.15, -0.1) is 10.2 Å². The molecule has 0 bridgehead atoms. The number of rotatable bonds is 3. The largest absolute Gasteiger partial charge is 0.337 e. The molecule has 0 aromatic carbocycles. The molecular formula is C21H33N7O. The molecule has 2 fully saturated rings. The van der Waals surface area contributed by atoms with Crippen LogP contribution in [-0.2, 0) is 0 Å². The Morgan fingerprint density at radius 2 is 1.79 bits per heavy atom. The van der Waals surface area contributed by atoms with Crippen molar-refractivity contribution >= 4 is 11.6 Å². The van der Waals surface area contributed by atoms with Gasteiger partial charge in [-0.3, -0.25) is 14.1 Å². The van der Waals surface area contributed by atoms with Gasteiger partial charge in [-0.2, -0.15) is 0 Å². The maximum absolute atomic E-state index is 13.2. The topological polar surface area (TPSA) is 60.2 Å². The van der Waals surface area contributed by atoms with Gasteiger partial charge in [0.05, 0.1) is 11.6 Å². The van der Waals surface area contributed by atoms with Crippen LogP contribution in [0.4, 0.5) is 0 Å². The van der Waals surface area contributed by atoms with Crippen molar-refractivity contribution in [1.82, 2.24) is 34.2 Å². The molecule has 1 atom stereocenters. The zero-order valence-electron chi connectivity index (χ0n) is 18.1. The summed E-state index contributed by atoms with van der Waals surface area (Å²) in [6.45, 7) is 11.0. The van der Waals surface area contributed by atoms with Gasteiger partial charge in [-0.05, 0) is 53.0 Å². The molecule has 2 aromatic rings. The number of nitrogens with zero attached hydrogens (tertiary/aromatic N) is 7. The second kappa shape index (κ2) is 8.38. The van der Waals surface area contributed by atoms with Crippen molar-refractivity contribution < 1.29 is 4.79 Å². The molecule has 8 nitrogen and oxygen atoms in total. The van der Waals surface area contributed by atoms with Crippen LogP contribution < -0.4 is 0 Å². The first-order chi connectivity index (χ1) is 13.9. The molecular weight excluding hydrogens is 366 g/mol. The second-order valence-corrected chi connectivity index (χ2v) is 8.76. The number of likely N-dealkylation sites (N-methyl/N-ethyl adjacent to an activating group) is 2. The zero-order chi connectivity index (χ0) is 20.5. The number of hydrogen-bond donors (Lipinski definition) is 0. The molecule has 0 spiro atoms. The molecule has 2 saturated heterocycles. The maximum atomic E-state index is 13.2. The normalized spacial score (nSPS) is 23.1. The van der Waals surface area contributed by atoms with Crippen LogP contribution in [0.5, 0.6) is 0 Å². The summed E-state index contributed by atoms with van der Waals surface area (Å²) in [5, 5.41) is 8.92. The van der Waals surface area contributed by atoms with Crippen molar-refractivity contribution in [3.63, 3.8) is 0 Å². The van der Waals surface area contributed by atoms with Gasteiger partial charge >= 0.3 is 0 Å². The van der Waals surface area contributed by atoms with E-state index in [0.29, 0.717) is 11.6 Å². The van der Waals surface area contributed by atoms with Crippen LogP contribution in [-0.4, -0.2) is 106 Å². The molecule has 0 saturated carbocycles. The van der Waals surface area contributed by atoms with Crippen molar-refractivity contribution in [2.45, 2.75) is 32.4 Å². The van der Waals surface area contributed by atoms with Crippen molar-refractivity contribution in [3.05, 3.63) is 29.7 Å². The number of amides is 1. The smallest absolute Gasteiger partial charge is 0.255 e. The highest BCUT2D eigenvalue weighted by Gasteiger charge is 2.32. The summed E-state index contributed by atoms with van der Waals surface area (Å²) >= 11 is 0. The molecule has 4 rings (SSSR count). The monoisotopic (exact) mass is 399 g/mol. The van der Waals surface area contributed by atoms with Crippen LogP contribution in [0.15, 0.2) is 18.3 Å². The van der Waals surface area contributed by atoms with Crippen molar-refractivity contribution in [2.75, 3.05) is 59.9 Å². The van der Waals surface area contributed by atoms with Crippen LogP contribution in [0, 0.1) is 0 Å². The molecule has 158 valence electrons. The molecule has 1 amide bonds. The number of piperazine rings is 1. The van der Waals surface area contributed by atoms with Gasteiger partial charge in [0.15, 0.2) is 11.5 Å². The quantitative estimate of drug-likeness (QED) is 0.773. The van der Waals surface area contributed by atoms with Gasteiger partial charge in [-0.25, -0.2) is 0 Å². The average molecular weight is 400 g/mol. The summed E-state index contributed by atoms with van der Waals surface area (Å²) < 4.78 is 2.02. The van der Waals surface area contributed by atoms with E-state index in [1.807, 2.05) is 27.6 Å². The lowest BCUT2D eigenvalue weighted by Crippen LogP contribution is -2.50. The predicted molar refractivity (Wildman–Crippen MR) is 113 cm³/mol. The molecule has 2 aliphatic rings. The second-order valence-electron chi connectivity index (χ2n) is 8.76. The Kier molecular flexibility index (Phi) is 5.85. The van der Waals surface area contributed by atoms with Crippen LogP contribution in [0.25, 0.3) is 5.65 Å². The van der Waals surface area contributed by atoms with E-state index in [1.165, 1.54) is 0 Å². The predicted octanol–water partition coefficient (Wildman–Crippen LogP) is 1.20. The first-order valence-corrected chi connectivity index (χ1v) is 10.7. The lowest BCUT2D eigenvalue weighted by Gasteiger charge is -2.41. The van der Waals surface area contributed by atoms with Crippen molar-refractivity contribution in [1.29, 1.82) is 0 Å². The third-order valence-electron chi connectivity index (χ3n) is 6.27. The highest BCUT2D eigenvalue weighted by Crippen LogP contribution is 2.26. The van der Waals surface area contributed by atoms with Crippen LogP contribution in [0.1, 0.15) is 42.5 Å². The van der Waals surface area contributed by atoms with E-state index in [4.69, 9.17) is 0 Å². The molecule has 2 aliphatic heterocycles. The first kappa shape index (κ1) is 20.3. The van der Waals surface area contributed by atoms with Gasteiger partial charge < -0.3 is 14.7 Å². The summed E-state index contributed by atoms with van der Waals surface area (Å²) in [7, 11) is 4.27. The van der Waals surface area contributed by atoms with Crippen molar-refractivity contribution in [3.8, 4) is 0 Å².